The summed E-state index contributed by atoms with van der Waals surface area (Å²) in [6.45, 7) is 6.91. The highest BCUT2D eigenvalue weighted by Gasteiger charge is 2.34. The molecule has 0 spiro atoms. The van der Waals surface area contributed by atoms with Crippen LogP contribution in [0.2, 0.25) is 0 Å². The smallest absolute Gasteiger partial charge is 0.406 e. The third kappa shape index (κ3) is 4.58. The Bertz CT molecular complexity index is 1020. The first-order chi connectivity index (χ1) is 13.5. The standard InChI is InChI=1S/C19H22F3N5O2/c1-11-7-13(5-6-14(11)29-19(20,21)22)16(18(3,4)9-28)26-15-8-12(2)25-17-23-10-24-27(15)17/h5-8,10,16,26,28H,9H2,1-4H3/t16-/m0/s1. The number of halogens is 3. The van der Waals surface area contributed by atoms with Crippen molar-refractivity contribution in [1.82, 2.24) is 19.6 Å². The Morgan fingerprint density at radius 3 is 2.55 bits per heavy atom. The number of benzene rings is 1. The summed E-state index contributed by atoms with van der Waals surface area (Å²) in [7, 11) is 0. The lowest BCUT2D eigenvalue weighted by Gasteiger charge is -2.34. The van der Waals surface area contributed by atoms with Crippen LogP contribution in [-0.4, -0.2) is 37.7 Å². The van der Waals surface area contributed by atoms with Crippen molar-refractivity contribution in [2.75, 3.05) is 11.9 Å². The Labute approximate surface area is 165 Å². The number of aliphatic hydroxyl groups is 1. The van der Waals surface area contributed by atoms with Gasteiger partial charge in [0.15, 0.2) is 0 Å². The van der Waals surface area contributed by atoms with Gasteiger partial charge in [-0.1, -0.05) is 26.0 Å². The maximum Gasteiger partial charge on any atom is 0.573 e. The zero-order valence-electron chi connectivity index (χ0n) is 16.4. The van der Waals surface area contributed by atoms with Crippen molar-refractivity contribution >= 4 is 11.6 Å². The summed E-state index contributed by atoms with van der Waals surface area (Å²) in [5.41, 5.74) is 1.10. The fraction of sp³-hybridized carbons (Fsp3) is 0.421. The lowest BCUT2D eigenvalue weighted by Crippen LogP contribution is -2.32. The molecule has 156 valence electrons. The monoisotopic (exact) mass is 409 g/mol. The predicted octanol–water partition coefficient (Wildman–Crippen LogP) is 3.81. The molecule has 0 unspecified atom stereocenters. The summed E-state index contributed by atoms with van der Waals surface area (Å²) in [4.78, 5) is 8.39. The van der Waals surface area contributed by atoms with Crippen molar-refractivity contribution < 1.29 is 23.0 Å². The predicted molar refractivity (Wildman–Crippen MR) is 101 cm³/mol. The van der Waals surface area contributed by atoms with Gasteiger partial charge < -0.3 is 15.2 Å². The van der Waals surface area contributed by atoms with Gasteiger partial charge in [0.05, 0.1) is 12.6 Å². The highest BCUT2D eigenvalue weighted by atomic mass is 19.4. The first-order valence-corrected chi connectivity index (χ1v) is 8.91. The number of ether oxygens (including phenoxy) is 1. The summed E-state index contributed by atoms with van der Waals surface area (Å²) < 4.78 is 43.3. The maximum atomic E-state index is 12.6. The van der Waals surface area contributed by atoms with E-state index in [-0.39, 0.29) is 12.4 Å². The molecule has 2 heterocycles. The molecule has 1 aromatic carbocycles. The van der Waals surface area contributed by atoms with Crippen LogP contribution in [0.4, 0.5) is 19.0 Å². The molecule has 0 aliphatic heterocycles. The van der Waals surface area contributed by atoms with Crippen molar-refractivity contribution in [2.45, 2.75) is 40.1 Å². The molecule has 0 aliphatic carbocycles. The third-order valence-electron chi connectivity index (χ3n) is 4.62. The first kappa shape index (κ1) is 20.8. The molecule has 10 heteroatoms. The van der Waals surface area contributed by atoms with E-state index in [2.05, 4.69) is 25.1 Å². The van der Waals surface area contributed by atoms with Crippen LogP contribution in [0.15, 0.2) is 30.6 Å². The van der Waals surface area contributed by atoms with Gasteiger partial charge in [-0.05, 0) is 31.0 Å². The third-order valence-corrected chi connectivity index (χ3v) is 4.62. The van der Waals surface area contributed by atoms with Crippen LogP contribution in [0, 0.1) is 19.3 Å². The molecule has 3 aromatic rings. The number of hydrogen-bond donors (Lipinski definition) is 2. The Morgan fingerprint density at radius 2 is 1.93 bits per heavy atom. The second-order valence-electron chi connectivity index (χ2n) is 7.55. The molecule has 0 amide bonds. The van der Waals surface area contributed by atoms with Gasteiger partial charge in [-0.3, -0.25) is 0 Å². The van der Waals surface area contributed by atoms with Crippen LogP contribution in [-0.2, 0) is 0 Å². The molecule has 2 aromatic heterocycles. The second kappa shape index (κ2) is 7.51. The van der Waals surface area contributed by atoms with E-state index in [1.807, 2.05) is 20.8 Å². The summed E-state index contributed by atoms with van der Waals surface area (Å²) in [6.07, 6.45) is -3.38. The van der Waals surface area contributed by atoms with Gasteiger partial charge in [0.25, 0.3) is 5.78 Å². The van der Waals surface area contributed by atoms with Crippen LogP contribution in [0.3, 0.4) is 0 Å². The summed E-state index contributed by atoms with van der Waals surface area (Å²) >= 11 is 0. The number of hydrogen-bond acceptors (Lipinski definition) is 6. The van der Waals surface area contributed by atoms with E-state index in [1.54, 1.807) is 25.1 Å². The van der Waals surface area contributed by atoms with Crippen LogP contribution >= 0.6 is 0 Å². The highest BCUT2D eigenvalue weighted by molar-refractivity contribution is 5.48. The lowest BCUT2D eigenvalue weighted by molar-refractivity contribution is -0.274. The number of aryl methyl sites for hydroxylation is 2. The quantitative estimate of drug-likeness (QED) is 0.644. The molecular weight excluding hydrogens is 387 g/mol. The van der Waals surface area contributed by atoms with Crippen molar-refractivity contribution in [3.8, 4) is 5.75 Å². The largest absolute Gasteiger partial charge is 0.573 e. The molecule has 0 saturated heterocycles. The van der Waals surface area contributed by atoms with Crippen LogP contribution in [0.25, 0.3) is 5.78 Å². The Morgan fingerprint density at radius 1 is 1.21 bits per heavy atom. The number of anilines is 1. The van der Waals surface area contributed by atoms with Crippen LogP contribution in [0.1, 0.15) is 36.7 Å². The van der Waals surface area contributed by atoms with Gasteiger partial charge in [-0.25, -0.2) is 4.98 Å². The van der Waals surface area contributed by atoms with E-state index < -0.39 is 17.8 Å². The molecular formula is C19H22F3N5O2. The normalized spacial score (nSPS) is 13.5. The number of nitrogens with zero attached hydrogens (tertiary/aromatic N) is 4. The zero-order chi connectivity index (χ0) is 21.4. The minimum absolute atomic E-state index is 0.158. The summed E-state index contributed by atoms with van der Waals surface area (Å²) in [5.74, 6) is 0.753. The molecule has 7 nitrogen and oxygen atoms in total. The molecule has 2 N–H and O–H groups in total. The fourth-order valence-corrected chi connectivity index (χ4v) is 3.09. The average molecular weight is 409 g/mol. The number of rotatable bonds is 6. The van der Waals surface area contributed by atoms with Crippen molar-refractivity contribution in [3.05, 3.63) is 47.4 Å². The molecule has 0 aliphatic rings. The molecule has 0 radical (unpaired) electrons. The Hall–Kier alpha value is -2.88. The summed E-state index contributed by atoms with van der Waals surface area (Å²) in [6, 6.07) is 5.79. The van der Waals surface area contributed by atoms with Crippen molar-refractivity contribution in [1.29, 1.82) is 0 Å². The number of fused-ring (bicyclic) bond motifs is 1. The molecule has 0 fully saturated rings. The topological polar surface area (TPSA) is 84.6 Å². The average Bonchev–Trinajstić information content (AvgIpc) is 3.08. The van der Waals surface area contributed by atoms with Crippen molar-refractivity contribution in [3.63, 3.8) is 0 Å². The van der Waals surface area contributed by atoms with Gasteiger partial charge in [-0.15, -0.1) is 13.2 Å². The van der Waals surface area contributed by atoms with Crippen molar-refractivity contribution in [2.24, 2.45) is 5.41 Å². The van der Waals surface area contributed by atoms with Gasteiger partial charge in [0.2, 0.25) is 0 Å². The molecule has 0 saturated carbocycles. The van der Waals surface area contributed by atoms with E-state index in [4.69, 9.17) is 0 Å². The van der Waals surface area contributed by atoms with Gasteiger partial charge in [-0.2, -0.15) is 14.6 Å². The SMILES string of the molecule is Cc1cc(N[C@@H](c2ccc(OC(F)(F)F)c(C)c2)C(C)(C)CO)n2ncnc2n1. The Kier molecular flexibility index (Phi) is 5.40. The maximum absolute atomic E-state index is 12.6. The van der Waals surface area contributed by atoms with Gasteiger partial charge in [0.1, 0.15) is 17.9 Å². The summed E-state index contributed by atoms with van der Waals surface area (Å²) in [5, 5.41) is 17.5. The fourth-order valence-electron chi connectivity index (χ4n) is 3.09. The number of aromatic nitrogens is 4. The number of alkyl halides is 3. The highest BCUT2D eigenvalue weighted by Crippen LogP contribution is 2.38. The molecule has 1 atom stereocenters. The van der Waals surface area contributed by atoms with E-state index in [1.165, 1.54) is 16.9 Å². The van der Waals surface area contributed by atoms with E-state index in [9.17, 15) is 18.3 Å². The van der Waals surface area contributed by atoms with Gasteiger partial charge >= 0.3 is 6.36 Å². The van der Waals surface area contributed by atoms with E-state index in [0.29, 0.717) is 22.7 Å². The first-order valence-electron chi connectivity index (χ1n) is 8.91. The van der Waals surface area contributed by atoms with E-state index in [0.717, 1.165) is 5.69 Å². The number of nitrogens with one attached hydrogen (secondary N) is 1. The van der Waals surface area contributed by atoms with E-state index >= 15 is 0 Å². The second-order valence-corrected chi connectivity index (χ2v) is 7.55. The molecule has 29 heavy (non-hydrogen) atoms. The molecule has 3 rings (SSSR count). The van der Waals surface area contributed by atoms with Crippen LogP contribution < -0.4 is 10.1 Å². The van der Waals surface area contributed by atoms with Crippen LogP contribution in [0.5, 0.6) is 5.75 Å². The molecule has 0 bridgehead atoms. The Balaban J connectivity index is 2.02. The zero-order valence-corrected chi connectivity index (χ0v) is 16.4. The minimum atomic E-state index is -4.76. The number of aliphatic hydroxyl groups excluding tert-OH is 1. The van der Waals surface area contributed by atoms with Gasteiger partial charge in [0, 0.05) is 17.2 Å². The lowest BCUT2D eigenvalue weighted by atomic mass is 9.80. The minimum Gasteiger partial charge on any atom is -0.406 e.